The molecule has 222 valence electrons. The number of amides is 1. The van der Waals surface area contributed by atoms with Gasteiger partial charge in [-0.2, -0.15) is 4.98 Å². The molecule has 2 aliphatic rings. The summed E-state index contributed by atoms with van der Waals surface area (Å²) in [5, 5.41) is 4.15. The zero-order chi connectivity index (χ0) is 30.4. The summed E-state index contributed by atoms with van der Waals surface area (Å²) in [7, 11) is 0. The van der Waals surface area contributed by atoms with E-state index in [1.165, 1.54) is 16.7 Å². The number of fused-ring (bicyclic) bond motifs is 5. The first kappa shape index (κ1) is 28.8. The number of carbonyl (C=O) groups is 1. The SMILES string of the molecule is C=CC(=O)N1CCN(c2nc(=O)n3c4nc(c(F)cc24)-c2c(Cl)cccc2NCCCc2ccnc(C(C)C)c2-3)[C@@H](C)C1. The summed E-state index contributed by atoms with van der Waals surface area (Å²) < 4.78 is 17.7. The molecule has 6 rings (SSSR count). The van der Waals surface area contributed by atoms with E-state index < -0.39 is 11.5 Å². The number of hydrogen-bond acceptors (Lipinski definition) is 7. The third kappa shape index (κ3) is 5.03. The average Bonchev–Trinajstić information content (AvgIpc) is 2.98. The maximum absolute atomic E-state index is 16.2. The van der Waals surface area contributed by atoms with Gasteiger partial charge in [-0.15, -0.1) is 0 Å². The van der Waals surface area contributed by atoms with Gasteiger partial charge in [0, 0.05) is 49.7 Å². The van der Waals surface area contributed by atoms with Crippen LogP contribution in [-0.2, 0) is 11.2 Å². The number of benzene rings is 1. The highest BCUT2D eigenvalue weighted by Crippen LogP contribution is 2.39. The van der Waals surface area contributed by atoms with Crippen molar-refractivity contribution in [2.45, 2.75) is 45.6 Å². The molecule has 43 heavy (non-hydrogen) atoms. The maximum Gasteiger partial charge on any atom is 0.355 e. The fourth-order valence-corrected chi connectivity index (χ4v) is 6.38. The predicted octanol–water partition coefficient (Wildman–Crippen LogP) is 5.34. The van der Waals surface area contributed by atoms with Crippen LogP contribution in [0, 0.1) is 5.82 Å². The number of halogens is 2. The standard InChI is InChI=1S/C32H33ClFN7O2/c1-5-25(42)39-14-15-40(19(4)17-39)30-21-16-23(34)28-26-22(33)9-6-10-24(26)35-12-7-8-20-11-13-36-27(18(2)3)29(20)41(31(21)37-28)32(43)38-30/h5-6,9-11,13,16,18-19,35H,1,7-8,12,14-15,17H2,2-4H3/t19-/m0/s1. The fourth-order valence-electron chi connectivity index (χ4n) is 6.11. The number of anilines is 2. The van der Waals surface area contributed by atoms with Gasteiger partial charge < -0.3 is 15.1 Å². The van der Waals surface area contributed by atoms with Crippen LogP contribution >= 0.6 is 11.6 Å². The highest BCUT2D eigenvalue weighted by molar-refractivity contribution is 6.34. The molecule has 5 heterocycles. The molecule has 4 aromatic rings. The van der Waals surface area contributed by atoms with Crippen molar-refractivity contribution in [1.82, 2.24) is 24.4 Å². The number of carbonyl (C=O) groups excluding carboxylic acids is 1. The van der Waals surface area contributed by atoms with E-state index in [4.69, 9.17) is 16.6 Å². The molecule has 9 nitrogen and oxygen atoms in total. The largest absolute Gasteiger partial charge is 0.384 e. The van der Waals surface area contributed by atoms with Gasteiger partial charge in [-0.1, -0.05) is 38.1 Å². The van der Waals surface area contributed by atoms with Crippen LogP contribution < -0.4 is 15.9 Å². The Bertz CT molecular complexity index is 1820. The molecule has 1 amide bonds. The average molecular weight is 602 g/mol. The van der Waals surface area contributed by atoms with Crippen molar-refractivity contribution in [2.75, 3.05) is 36.4 Å². The zero-order valence-electron chi connectivity index (χ0n) is 24.4. The van der Waals surface area contributed by atoms with Crippen LogP contribution in [0.2, 0.25) is 5.02 Å². The van der Waals surface area contributed by atoms with Crippen molar-refractivity contribution in [1.29, 1.82) is 0 Å². The van der Waals surface area contributed by atoms with Crippen molar-refractivity contribution >= 4 is 40.0 Å². The monoisotopic (exact) mass is 601 g/mol. The molecular weight excluding hydrogens is 569 g/mol. The fraction of sp³-hybridized carbons (Fsp3) is 0.344. The van der Waals surface area contributed by atoms with Gasteiger partial charge in [0.1, 0.15) is 11.5 Å². The van der Waals surface area contributed by atoms with Crippen LogP contribution in [-0.4, -0.2) is 62.5 Å². The summed E-state index contributed by atoms with van der Waals surface area (Å²) in [4.78, 5) is 44.3. The minimum atomic E-state index is -0.586. The van der Waals surface area contributed by atoms with Gasteiger partial charge in [0.15, 0.2) is 11.5 Å². The van der Waals surface area contributed by atoms with E-state index in [0.717, 1.165) is 17.7 Å². The Morgan fingerprint density at radius 3 is 2.79 bits per heavy atom. The van der Waals surface area contributed by atoms with E-state index in [-0.39, 0.29) is 29.2 Å². The molecule has 0 radical (unpaired) electrons. The summed E-state index contributed by atoms with van der Waals surface area (Å²) in [5.41, 5.74) is 3.17. The number of pyridine rings is 2. The second kappa shape index (κ2) is 11.4. The lowest BCUT2D eigenvalue weighted by atomic mass is 10.00. The lowest BCUT2D eigenvalue weighted by Crippen LogP contribution is -2.54. The minimum absolute atomic E-state index is 0.00630. The third-order valence-electron chi connectivity index (χ3n) is 8.18. The van der Waals surface area contributed by atoms with Gasteiger partial charge in [0.25, 0.3) is 0 Å². The van der Waals surface area contributed by atoms with E-state index in [1.54, 1.807) is 17.2 Å². The van der Waals surface area contributed by atoms with Gasteiger partial charge in [-0.25, -0.2) is 18.7 Å². The summed E-state index contributed by atoms with van der Waals surface area (Å²) >= 11 is 6.67. The number of aryl methyl sites for hydroxylation is 1. The number of piperazine rings is 1. The zero-order valence-corrected chi connectivity index (χ0v) is 25.2. The first-order chi connectivity index (χ1) is 20.7. The Morgan fingerprint density at radius 2 is 2.05 bits per heavy atom. The highest BCUT2D eigenvalue weighted by Gasteiger charge is 2.31. The van der Waals surface area contributed by atoms with Crippen LogP contribution in [0.5, 0.6) is 0 Å². The molecule has 1 N–H and O–H groups in total. The molecule has 0 saturated carbocycles. The van der Waals surface area contributed by atoms with E-state index in [0.29, 0.717) is 65.8 Å². The summed E-state index contributed by atoms with van der Waals surface area (Å²) in [6.45, 7) is 11.4. The van der Waals surface area contributed by atoms with Crippen LogP contribution in [0.15, 0.2) is 54.0 Å². The van der Waals surface area contributed by atoms with Crippen molar-refractivity contribution < 1.29 is 9.18 Å². The van der Waals surface area contributed by atoms with Gasteiger partial charge in [-0.05, 0) is 61.6 Å². The van der Waals surface area contributed by atoms with Crippen LogP contribution in [0.25, 0.3) is 28.0 Å². The molecule has 1 saturated heterocycles. The van der Waals surface area contributed by atoms with Gasteiger partial charge >= 0.3 is 5.69 Å². The Kier molecular flexibility index (Phi) is 7.64. The molecule has 1 atom stereocenters. The van der Waals surface area contributed by atoms with Crippen LogP contribution in [0.3, 0.4) is 0 Å². The smallest absolute Gasteiger partial charge is 0.355 e. The van der Waals surface area contributed by atoms with Crippen molar-refractivity contribution in [3.63, 3.8) is 0 Å². The topological polar surface area (TPSA) is 96.3 Å². The number of hydrogen-bond donors (Lipinski definition) is 1. The second-order valence-electron chi connectivity index (χ2n) is 11.3. The quantitative estimate of drug-likeness (QED) is 0.317. The summed E-state index contributed by atoms with van der Waals surface area (Å²) in [5.74, 6) is -0.424. The summed E-state index contributed by atoms with van der Waals surface area (Å²) in [6.07, 6.45) is 4.48. The Balaban J connectivity index is 1.68. The van der Waals surface area contributed by atoms with Crippen molar-refractivity contribution in [2.24, 2.45) is 0 Å². The van der Waals surface area contributed by atoms with E-state index >= 15 is 4.39 Å². The first-order valence-electron chi connectivity index (χ1n) is 14.5. The van der Waals surface area contributed by atoms with Gasteiger partial charge in [0.05, 0.1) is 21.8 Å². The Morgan fingerprint density at radius 1 is 1.23 bits per heavy atom. The summed E-state index contributed by atoms with van der Waals surface area (Å²) in [6, 6.07) is 8.48. The lowest BCUT2D eigenvalue weighted by molar-refractivity contribution is -0.126. The van der Waals surface area contributed by atoms with Gasteiger partial charge in [0.2, 0.25) is 5.91 Å². The van der Waals surface area contributed by atoms with Crippen LogP contribution in [0.1, 0.15) is 44.4 Å². The molecular formula is C32H33ClFN7O2. The molecule has 2 aliphatic heterocycles. The van der Waals surface area contributed by atoms with Crippen molar-refractivity contribution in [3.05, 3.63) is 81.8 Å². The molecule has 0 spiro atoms. The molecule has 3 aromatic heterocycles. The second-order valence-corrected chi connectivity index (χ2v) is 11.7. The lowest BCUT2D eigenvalue weighted by Gasteiger charge is -2.40. The number of aromatic nitrogens is 4. The molecule has 11 heteroatoms. The third-order valence-corrected chi connectivity index (χ3v) is 8.50. The molecule has 0 unspecified atom stereocenters. The van der Waals surface area contributed by atoms with Crippen molar-refractivity contribution in [3.8, 4) is 16.9 Å². The van der Waals surface area contributed by atoms with Gasteiger partial charge in [-0.3, -0.25) is 9.78 Å². The Labute approximate surface area is 254 Å². The number of nitrogens with zero attached hydrogens (tertiary/aromatic N) is 6. The molecule has 1 aromatic carbocycles. The van der Waals surface area contributed by atoms with Crippen LogP contribution in [0.4, 0.5) is 15.9 Å². The number of nitrogens with one attached hydrogen (secondary N) is 1. The maximum atomic E-state index is 16.2. The molecule has 1 fully saturated rings. The Hall–Kier alpha value is -4.31. The highest BCUT2D eigenvalue weighted by atomic mass is 35.5. The van der Waals surface area contributed by atoms with E-state index in [2.05, 4.69) is 21.9 Å². The normalized spacial score (nSPS) is 16.7. The van der Waals surface area contributed by atoms with E-state index in [1.807, 2.05) is 43.9 Å². The predicted molar refractivity (Wildman–Crippen MR) is 168 cm³/mol. The molecule has 2 bridgehead atoms. The first-order valence-corrected chi connectivity index (χ1v) is 14.9. The molecule has 0 aliphatic carbocycles. The minimum Gasteiger partial charge on any atom is -0.384 e. The van der Waals surface area contributed by atoms with E-state index in [9.17, 15) is 9.59 Å². The number of rotatable bonds is 3.